The van der Waals surface area contributed by atoms with E-state index in [1.807, 2.05) is 30.3 Å². The Hall–Kier alpha value is -2.23. The number of anilines is 1. The van der Waals surface area contributed by atoms with E-state index in [0.717, 1.165) is 17.7 Å². The van der Waals surface area contributed by atoms with Crippen LogP contribution >= 0.6 is 0 Å². The topological polar surface area (TPSA) is 29.1 Å². The van der Waals surface area contributed by atoms with E-state index in [4.69, 9.17) is 0 Å². The Balaban J connectivity index is 1.88. The second-order valence-corrected chi connectivity index (χ2v) is 5.00. The highest BCUT2D eigenvalue weighted by atomic mass is 19.1. The molecule has 102 valence electrons. The molecule has 1 aliphatic carbocycles. The first kappa shape index (κ1) is 12.8. The molecule has 2 aromatic rings. The first-order valence-electron chi connectivity index (χ1n) is 6.44. The summed E-state index contributed by atoms with van der Waals surface area (Å²) in [4.78, 5) is 12.4. The molecule has 0 spiro atoms. The van der Waals surface area contributed by atoms with Crippen molar-refractivity contribution in [1.29, 1.82) is 0 Å². The lowest BCUT2D eigenvalue weighted by Gasteiger charge is -2.16. The number of hydrogen-bond acceptors (Lipinski definition) is 1. The number of benzene rings is 2. The molecule has 0 bridgehead atoms. The predicted octanol–water partition coefficient (Wildman–Crippen LogP) is 3.64. The van der Waals surface area contributed by atoms with Gasteiger partial charge in [0.15, 0.2) is 0 Å². The number of carbonyl (C=O) groups excluding carboxylic acids is 1. The number of hydrogen-bond donors (Lipinski definition) is 1. The minimum Gasteiger partial charge on any atom is -0.320 e. The Morgan fingerprint density at radius 2 is 1.55 bits per heavy atom. The van der Waals surface area contributed by atoms with Crippen LogP contribution in [0.15, 0.2) is 48.5 Å². The third kappa shape index (κ3) is 2.07. The van der Waals surface area contributed by atoms with Crippen LogP contribution in [-0.4, -0.2) is 5.91 Å². The van der Waals surface area contributed by atoms with E-state index in [1.54, 1.807) is 0 Å². The minimum absolute atomic E-state index is 0.354. The summed E-state index contributed by atoms with van der Waals surface area (Å²) >= 11 is 0. The van der Waals surface area contributed by atoms with E-state index in [2.05, 4.69) is 5.32 Å². The molecule has 1 amide bonds. The molecule has 1 N–H and O–H groups in total. The van der Waals surface area contributed by atoms with Crippen LogP contribution in [0.25, 0.3) is 0 Å². The van der Waals surface area contributed by atoms with Gasteiger partial charge in [-0.05, 0) is 30.5 Å². The molecule has 1 aliphatic rings. The van der Waals surface area contributed by atoms with Crippen molar-refractivity contribution < 1.29 is 13.6 Å². The van der Waals surface area contributed by atoms with E-state index in [1.165, 1.54) is 6.07 Å². The predicted molar refractivity (Wildman–Crippen MR) is 72.3 cm³/mol. The number of halogens is 2. The van der Waals surface area contributed by atoms with Crippen LogP contribution in [0.3, 0.4) is 0 Å². The molecule has 0 heterocycles. The fourth-order valence-corrected chi connectivity index (χ4v) is 2.38. The fourth-order valence-electron chi connectivity index (χ4n) is 2.38. The summed E-state index contributed by atoms with van der Waals surface area (Å²) in [6.07, 6.45) is 1.39. The zero-order valence-corrected chi connectivity index (χ0v) is 10.7. The molecule has 0 aliphatic heterocycles. The Morgan fingerprint density at radius 3 is 2.10 bits per heavy atom. The summed E-state index contributed by atoms with van der Waals surface area (Å²) in [5.41, 5.74) is -0.135. The quantitative estimate of drug-likeness (QED) is 0.909. The molecule has 2 nitrogen and oxygen atoms in total. The van der Waals surface area contributed by atoms with Crippen molar-refractivity contribution in [1.82, 2.24) is 0 Å². The maximum absolute atomic E-state index is 13.6. The highest BCUT2D eigenvalue weighted by Gasteiger charge is 2.51. The number of rotatable bonds is 3. The van der Waals surface area contributed by atoms with Crippen molar-refractivity contribution in [2.45, 2.75) is 18.3 Å². The Kier molecular flexibility index (Phi) is 3.01. The molecule has 1 saturated carbocycles. The Morgan fingerprint density at radius 1 is 0.950 bits per heavy atom. The number of para-hydroxylation sites is 1. The summed E-state index contributed by atoms with van der Waals surface area (Å²) in [6, 6.07) is 12.8. The zero-order chi connectivity index (χ0) is 14.2. The Bertz CT molecular complexity index is 631. The second kappa shape index (κ2) is 4.71. The fraction of sp³-hybridized carbons (Fsp3) is 0.188. The number of carbonyl (C=O) groups is 1. The van der Waals surface area contributed by atoms with Gasteiger partial charge in [0.05, 0.1) is 5.41 Å². The van der Waals surface area contributed by atoms with Crippen LogP contribution in [0.5, 0.6) is 0 Å². The van der Waals surface area contributed by atoms with Crippen molar-refractivity contribution in [3.8, 4) is 0 Å². The van der Waals surface area contributed by atoms with Gasteiger partial charge in [-0.3, -0.25) is 4.79 Å². The van der Waals surface area contributed by atoms with Crippen molar-refractivity contribution >= 4 is 11.6 Å². The van der Waals surface area contributed by atoms with Gasteiger partial charge in [0.1, 0.15) is 17.3 Å². The van der Waals surface area contributed by atoms with E-state index in [0.29, 0.717) is 12.8 Å². The average Bonchev–Trinajstić information content (AvgIpc) is 3.25. The van der Waals surface area contributed by atoms with E-state index in [-0.39, 0.29) is 11.6 Å². The summed E-state index contributed by atoms with van der Waals surface area (Å²) in [5.74, 6) is -1.88. The molecule has 0 atom stereocenters. The van der Waals surface area contributed by atoms with E-state index in [9.17, 15) is 13.6 Å². The van der Waals surface area contributed by atoms with Crippen LogP contribution in [0, 0.1) is 11.6 Å². The number of nitrogens with one attached hydrogen (secondary N) is 1. The molecule has 0 aromatic heterocycles. The van der Waals surface area contributed by atoms with E-state index >= 15 is 0 Å². The molecule has 4 heteroatoms. The summed E-state index contributed by atoms with van der Waals surface area (Å²) < 4.78 is 27.1. The molecule has 1 fully saturated rings. The SMILES string of the molecule is O=C(Nc1c(F)cccc1F)C1(c2ccccc2)CC1. The van der Waals surface area contributed by atoms with Gasteiger partial charge in [0.2, 0.25) is 5.91 Å². The zero-order valence-electron chi connectivity index (χ0n) is 10.7. The van der Waals surface area contributed by atoms with Crippen molar-refractivity contribution in [2.75, 3.05) is 5.32 Å². The largest absolute Gasteiger partial charge is 0.320 e. The van der Waals surface area contributed by atoms with Crippen molar-refractivity contribution in [3.05, 3.63) is 65.7 Å². The minimum atomic E-state index is -0.762. The third-order valence-electron chi connectivity index (χ3n) is 3.71. The highest BCUT2D eigenvalue weighted by Crippen LogP contribution is 2.49. The second-order valence-electron chi connectivity index (χ2n) is 5.00. The van der Waals surface area contributed by atoms with Crippen LogP contribution in [0.2, 0.25) is 0 Å². The molecule has 3 rings (SSSR count). The lowest BCUT2D eigenvalue weighted by molar-refractivity contribution is -0.118. The summed E-state index contributed by atoms with van der Waals surface area (Å²) in [7, 11) is 0. The average molecular weight is 273 g/mol. The smallest absolute Gasteiger partial charge is 0.235 e. The van der Waals surface area contributed by atoms with Crippen molar-refractivity contribution in [2.24, 2.45) is 0 Å². The van der Waals surface area contributed by atoms with Gasteiger partial charge in [-0.1, -0.05) is 36.4 Å². The van der Waals surface area contributed by atoms with Gasteiger partial charge in [0.25, 0.3) is 0 Å². The lowest BCUT2D eigenvalue weighted by Crippen LogP contribution is -2.28. The maximum Gasteiger partial charge on any atom is 0.235 e. The summed E-state index contributed by atoms with van der Waals surface area (Å²) in [5, 5.41) is 2.39. The molecular formula is C16H13F2NO. The van der Waals surface area contributed by atoms with Gasteiger partial charge in [-0.15, -0.1) is 0 Å². The normalized spacial score (nSPS) is 15.7. The highest BCUT2D eigenvalue weighted by molar-refractivity contribution is 6.01. The first-order valence-corrected chi connectivity index (χ1v) is 6.44. The maximum atomic E-state index is 13.6. The Labute approximate surface area is 115 Å². The van der Waals surface area contributed by atoms with Crippen LogP contribution < -0.4 is 5.32 Å². The summed E-state index contributed by atoms with van der Waals surface area (Å²) in [6.45, 7) is 0. The molecule has 0 saturated heterocycles. The molecule has 20 heavy (non-hydrogen) atoms. The molecular weight excluding hydrogens is 260 g/mol. The molecule has 0 radical (unpaired) electrons. The first-order chi connectivity index (χ1) is 9.63. The van der Waals surface area contributed by atoms with Crippen LogP contribution in [0.4, 0.5) is 14.5 Å². The van der Waals surface area contributed by atoms with Gasteiger partial charge < -0.3 is 5.32 Å². The van der Waals surface area contributed by atoms with Gasteiger partial charge in [-0.2, -0.15) is 0 Å². The van der Waals surface area contributed by atoms with Gasteiger partial charge in [-0.25, -0.2) is 8.78 Å². The van der Waals surface area contributed by atoms with Crippen LogP contribution in [-0.2, 0) is 10.2 Å². The van der Waals surface area contributed by atoms with Gasteiger partial charge >= 0.3 is 0 Å². The van der Waals surface area contributed by atoms with E-state index < -0.39 is 17.0 Å². The standard InChI is InChI=1S/C16H13F2NO/c17-12-7-4-8-13(18)14(12)19-15(20)16(9-10-16)11-5-2-1-3-6-11/h1-8H,9-10H2,(H,19,20). The molecule has 0 unspecified atom stereocenters. The third-order valence-corrected chi connectivity index (χ3v) is 3.71. The van der Waals surface area contributed by atoms with Crippen LogP contribution in [0.1, 0.15) is 18.4 Å². The van der Waals surface area contributed by atoms with Gasteiger partial charge in [0, 0.05) is 0 Å². The number of amides is 1. The monoisotopic (exact) mass is 273 g/mol. The molecule has 2 aromatic carbocycles. The lowest BCUT2D eigenvalue weighted by atomic mass is 9.95. The van der Waals surface area contributed by atoms with Crippen molar-refractivity contribution in [3.63, 3.8) is 0 Å².